The number of amides is 1. The van der Waals surface area contributed by atoms with E-state index in [1.165, 1.54) is 0 Å². The van der Waals surface area contributed by atoms with E-state index >= 15 is 0 Å². The molecule has 3 N–H and O–H groups in total. The minimum atomic E-state index is -0.256. The van der Waals surface area contributed by atoms with Crippen molar-refractivity contribution >= 4 is 17.5 Å². The Morgan fingerprint density at radius 2 is 1.98 bits per heavy atom. The van der Waals surface area contributed by atoms with Gasteiger partial charge in [0.15, 0.2) is 11.6 Å². The third kappa shape index (κ3) is 5.33. The number of pyridine rings is 1. The molecule has 3 aromatic heterocycles. The van der Waals surface area contributed by atoms with Crippen molar-refractivity contribution in [3.63, 3.8) is 0 Å². The Morgan fingerprint density at radius 1 is 1.20 bits per heavy atom. The van der Waals surface area contributed by atoms with Crippen LogP contribution in [0.15, 0.2) is 18.3 Å². The van der Waals surface area contributed by atoms with Crippen molar-refractivity contribution in [1.82, 2.24) is 35.3 Å². The summed E-state index contributed by atoms with van der Waals surface area (Å²) >= 11 is 0. The highest BCUT2D eigenvalue weighted by atomic mass is 16.5. The van der Waals surface area contributed by atoms with Gasteiger partial charge in [-0.1, -0.05) is 5.21 Å². The highest BCUT2D eigenvalue weighted by Crippen LogP contribution is 2.72. The second-order valence-electron chi connectivity index (χ2n) is 11.0. The molecule has 4 heterocycles. The highest BCUT2D eigenvalue weighted by Gasteiger charge is 2.74. The normalized spacial score (nSPS) is 22.9. The van der Waals surface area contributed by atoms with Crippen LogP contribution in [-0.2, 0) is 7.05 Å². The van der Waals surface area contributed by atoms with Gasteiger partial charge in [0.2, 0.25) is 0 Å². The molecule has 1 saturated heterocycles. The molecular weight excluding hydrogens is 524 g/mol. The lowest BCUT2D eigenvalue weighted by Crippen LogP contribution is -2.36. The number of rotatable bonds is 10. The smallest absolute Gasteiger partial charge is 0.319 e. The number of hydrogen-bond acceptors (Lipinski definition) is 11. The average Bonchev–Trinajstić information content (AvgIpc) is 3.87. The number of nitrogens with two attached hydrogens (primary N) is 1. The molecule has 2 aliphatic carbocycles. The molecule has 41 heavy (non-hydrogen) atoms. The minimum Gasteiger partial charge on any atom is -0.489 e. The second kappa shape index (κ2) is 10.8. The maximum atomic E-state index is 12.6. The molecule has 0 bridgehead atoms. The van der Waals surface area contributed by atoms with Crippen LogP contribution >= 0.6 is 0 Å². The predicted octanol–water partition coefficient (Wildman–Crippen LogP) is 2.00. The van der Waals surface area contributed by atoms with Crippen molar-refractivity contribution in [1.29, 1.82) is 5.26 Å². The SMILES string of the molecule is CCNC(=O)c1cc(N2CCC(COc3cc(-c4nnn(C)c4C)cnc3N)CC2)nc(OCC2C3C(C#N)C23)n1. The van der Waals surface area contributed by atoms with Gasteiger partial charge in [0.1, 0.15) is 17.2 Å². The molecule has 2 atom stereocenters. The number of carbonyl (C=O) groups is 1. The summed E-state index contributed by atoms with van der Waals surface area (Å²) in [5.74, 6) is 3.10. The first-order chi connectivity index (χ1) is 19.9. The van der Waals surface area contributed by atoms with Crippen LogP contribution in [0.1, 0.15) is 35.9 Å². The number of hydrogen-bond donors (Lipinski definition) is 2. The summed E-state index contributed by atoms with van der Waals surface area (Å²) in [6, 6.07) is 6.12. The number of ether oxygens (including phenoxy) is 2. The van der Waals surface area contributed by atoms with E-state index in [9.17, 15) is 4.79 Å². The van der Waals surface area contributed by atoms with E-state index in [4.69, 9.17) is 20.5 Å². The molecule has 13 nitrogen and oxygen atoms in total. The lowest BCUT2D eigenvalue weighted by molar-refractivity contribution is 0.0949. The summed E-state index contributed by atoms with van der Waals surface area (Å²) in [6.45, 7) is 6.81. The summed E-state index contributed by atoms with van der Waals surface area (Å²) in [5, 5.41) is 20.1. The Morgan fingerprint density at radius 3 is 2.66 bits per heavy atom. The van der Waals surface area contributed by atoms with E-state index in [0.717, 1.165) is 42.9 Å². The van der Waals surface area contributed by atoms with E-state index in [1.54, 1.807) is 16.9 Å². The van der Waals surface area contributed by atoms with Gasteiger partial charge in [-0.15, -0.1) is 5.10 Å². The maximum absolute atomic E-state index is 12.6. The third-order valence-electron chi connectivity index (χ3n) is 8.47. The topological polar surface area (TPSA) is 170 Å². The van der Waals surface area contributed by atoms with E-state index in [0.29, 0.717) is 60.8 Å². The van der Waals surface area contributed by atoms with E-state index in [2.05, 4.69) is 41.5 Å². The molecule has 2 saturated carbocycles. The molecule has 13 heteroatoms. The van der Waals surface area contributed by atoms with Crippen LogP contribution in [0.4, 0.5) is 11.6 Å². The van der Waals surface area contributed by atoms with Crippen LogP contribution < -0.4 is 25.4 Å². The first-order valence-electron chi connectivity index (χ1n) is 14.1. The van der Waals surface area contributed by atoms with Gasteiger partial charge in [-0.25, -0.2) is 4.98 Å². The fourth-order valence-corrected chi connectivity index (χ4v) is 5.65. The quantitative estimate of drug-likeness (QED) is 0.373. The number of nitriles is 1. The molecular formula is C28H34N10O3. The molecule has 1 aliphatic heterocycles. The number of nitrogens with one attached hydrogen (secondary N) is 1. The fraction of sp³-hybridized carbons (Fsp3) is 0.536. The molecule has 0 radical (unpaired) electrons. The van der Waals surface area contributed by atoms with Gasteiger partial charge in [-0.05, 0) is 50.5 Å². The molecule has 2 unspecified atom stereocenters. The molecule has 3 aromatic rings. The van der Waals surface area contributed by atoms with E-state index in [-0.39, 0.29) is 23.5 Å². The first-order valence-corrected chi connectivity index (χ1v) is 14.1. The van der Waals surface area contributed by atoms with Crippen molar-refractivity contribution in [3.8, 4) is 29.1 Å². The number of anilines is 2. The lowest BCUT2D eigenvalue weighted by atomic mass is 9.98. The number of aryl methyl sites for hydroxylation is 1. The van der Waals surface area contributed by atoms with Crippen molar-refractivity contribution in [2.75, 3.05) is 43.5 Å². The fourth-order valence-electron chi connectivity index (χ4n) is 5.65. The number of nitrogens with zero attached hydrogens (tertiary/aromatic N) is 8. The molecule has 214 valence electrons. The summed E-state index contributed by atoms with van der Waals surface area (Å²) in [7, 11) is 1.85. The Hall–Kier alpha value is -4.47. The number of piperidine rings is 1. The van der Waals surface area contributed by atoms with Crippen molar-refractivity contribution in [2.24, 2.45) is 36.6 Å². The monoisotopic (exact) mass is 558 g/mol. The number of nitrogen functional groups attached to an aromatic ring is 1. The summed E-state index contributed by atoms with van der Waals surface area (Å²) in [6.07, 6.45) is 3.45. The van der Waals surface area contributed by atoms with Crippen LogP contribution in [0.25, 0.3) is 11.3 Å². The van der Waals surface area contributed by atoms with Gasteiger partial charge >= 0.3 is 6.01 Å². The van der Waals surface area contributed by atoms with Crippen LogP contribution in [0, 0.1) is 47.8 Å². The minimum absolute atomic E-state index is 0.186. The standard InChI is InChI=1S/C28H34N10O3/c1-4-31-27(39)20-10-22(34-28(33-20)41-14-19-23-18(11-29)24(19)23)38-7-5-16(6-8-38)13-40-21-9-17(12-32-26(21)30)25-15(2)37(3)36-35-25/h9-10,12,16,18-19,23-24H,4-8,13-14H2,1-3H3,(H2,30,32)(H,31,39). The summed E-state index contributed by atoms with van der Waals surface area (Å²) in [5.41, 5.74) is 8.89. The molecule has 1 amide bonds. The van der Waals surface area contributed by atoms with Gasteiger partial charge in [-0.2, -0.15) is 15.2 Å². The number of carbonyl (C=O) groups excluding carboxylic acids is 1. The van der Waals surface area contributed by atoms with Crippen LogP contribution in [0.5, 0.6) is 11.8 Å². The Labute approximate surface area is 238 Å². The molecule has 0 spiro atoms. The van der Waals surface area contributed by atoms with E-state index in [1.807, 2.05) is 27.0 Å². The molecule has 6 rings (SSSR count). The average molecular weight is 559 g/mol. The zero-order valence-electron chi connectivity index (χ0n) is 23.4. The van der Waals surface area contributed by atoms with Crippen LogP contribution in [-0.4, -0.2) is 68.7 Å². The zero-order valence-corrected chi connectivity index (χ0v) is 23.4. The Kier molecular flexibility index (Phi) is 7.07. The second-order valence-corrected chi connectivity index (χ2v) is 11.0. The van der Waals surface area contributed by atoms with Crippen molar-refractivity contribution in [3.05, 3.63) is 29.7 Å². The van der Waals surface area contributed by atoms with E-state index < -0.39 is 0 Å². The van der Waals surface area contributed by atoms with Crippen LogP contribution in [0.3, 0.4) is 0 Å². The van der Waals surface area contributed by atoms with Gasteiger partial charge in [0, 0.05) is 50.4 Å². The zero-order chi connectivity index (χ0) is 28.7. The first kappa shape index (κ1) is 26.7. The molecule has 0 aromatic carbocycles. The number of aromatic nitrogens is 6. The van der Waals surface area contributed by atoms with Gasteiger partial charge in [-0.3, -0.25) is 9.48 Å². The van der Waals surface area contributed by atoms with Gasteiger partial charge < -0.3 is 25.4 Å². The van der Waals surface area contributed by atoms with Gasteiger partial charge in [0.25, 0.3) is 5.91 Å². The molecule has 3 fully saturated rings. The maximum Gasteiger partial charge on any atom is 0.319 e. The highest BCUT2D eigenvalue weighted by molar-refractivity contribution is 5.93. The van der Waals surface area contributed by atoms with Crippen molar-refractivity contribution < 1.29 is 14.3 Å². The number of fused-ring (bicyclic) bond motifs is 1. The Bertz CT molecular complexity index is 1480. The van der Waals surface area contributed by atoms with Crippen molar-refractivity contribution in [2.45, 2.75) is 26.7 Å². The van der Waals surface area contributed by atoms with Crippen LogP contribution in [0.2, 0.25) is 0 Å². The van der Waals surface area contributed by atoms with Gasteiger partial charge in [0.05, 0.1) is 30.9 Å². The molecule has 3 aliphatic rings. The largest absolute Gasteiger partial charge is 0.489 e. The predicted molar refractivity (Wildman–Crippen MR) is 149 cm³/mol. The summed E-state index contributed by atoms with van der Waals surface area (Å²) < 4.78 is 13.8. The lowest BCUT2D eigenvalue weighted by Gasteiger charge is -2.33. The Balaban J connectivity index is 1.07. The third-order valence-corrected chi connectivity index (χ3v) is 8.47. The summed E-state index contributed by atoms with van der Waals surface area (Å²) in [4.78, 5) is 28.1.